The highest BCUT2D eigenvalue weighted by Gasteiger charge is 2.27. The Balaban J connectivity index is 4.15. The minimum Gasteiger partial charge on any atom is -0.462 e. The van der Waals surface area contributed by atoms with Crippen LogP contribution in [0, 0.1) is 0 Å². The number of hydrogen-bond donors (Lipinski definition) is 3. The largest absolute Gasteiger partial charge is 0.472 e. The second kappa shape index (κ2) is 44.5. The fourth-order valence-corrected chi connectivity index (χ4v) is 7.76. The first-order valence-electron chi connectivity index (χ1n) is 24.3. The van der Waals surface area contributed by atoms with Crippen LogP contribution in [0.2, 0.25) is 0 Å². The van der Waals surface area contributed by atoms with E-state index < -0.39 is 51.8 Å². The Morgan fingerprint density at radius 3 is 1.34 bits per heavy atom. The van der Waals surface area contributed by atoms with Crippen LogP contribution < -0.4 is 0 Å². The highest BCUT2D eigenvalue weighted by atomic mass is 31.2. The van der Waals surface area contributed by atoms with Gasteiger partial charge in [0.05, 0.1) is 19.8 Å². The minimum atomic E-state index is -4.62. The Bertz CT molecular complexity index is 1020. The van der Waals surface area contributed by atoms with E-state index in [0.29, 0.717) is 12.8 Å². The number of allylic oxidation sites excluding steroid dienone is 3. The molecule has 0 amide bonds. The van der Waals surface area contributed by atoms with Gasteiger partial charge in [0.25, 0.3) is 0 Å². The summed E-state index contributed by atoms with van der Waals surface area (Å²) in [4.78, 5) is 35.1. The Morgan fingerprint density at radius 2 is 0.915 bits per heavy atom. The van der Waals surface area contributed by atoms with Gasteiger partial charge in [-0.15, -0.1) is 6.58 Å². The fraction of sp³-hybridized carbons (Fsp3) is 0.875. The number of carbonyl (C=O) groups is 2. The van der Waals surface area contributed by atoms with Gasteiger partial charge >= 0.3 is 19.8 Å². The summed E-state index contributed by atoms with van der Waals surface area (Å²) >= 11 is 0. The van der Waals surface area contributed by atoms with E-state index in [2.05, 4.69) is 25.7 Å². The summed E-state index contributed by atoms with van der Waals surface area (Å²) in [5.41, 5.74) is 0. The van der Waals surface area contributed by atoms with Crippen molar-refractivity contribution in [3.05, 3.63) is 24.8 Å². The molecule has 0 radical (unpaired) electrons. The van der Waals surface area contributed by atoms with E-state index in [1.807, 2.05) is 6.08 Å². The van der Waals surface area contributed by atoms with E-state index in [1.54, 1.807) is 0 Å². The second-order valence-electron chi connectivity index (χ2n) is 16.6. The Labute approximate surface area is 361 Å². The molecule has 0 heterocycles. The van der Waals surface area contributed by atoms with Gasteiger partial charge in [-0.3, -0.25) is 18.6 Å². The van der Waals surface area contributed by atoms with Crippen molar-refractivity contribution < 1.29 is 47.8 Å². The zero-order chi connectivity index (χ0) is 43.3. The van der Waals surface area contributed by atoms with Crippen molar-refractivity contribution in [1.82, 2.24) is 0 Å². The third-order valence-corrected chi connectivity index (χ3v) is 11.7. The molecule has 0 fully saturated rings. The zero-order valence-electron chi connectivity index (χ0n) is 37.8. The van der Waals surface area contributed by atoms with E-state index in [1.165, 1.54) is 154 Å². The van der Waals surface area contributed by atoms with Crippen molar-refractivity contribution in [3.8, 4) is 0 Å². The van der Waals surface area contributed by atoms with Crippen LogP contribution in [-0.4, -0.2) is 65.7 Å². The molecule has 0 bridgehead atoms. The fourth-order valence-electron chi connectivity index (χ4n) is 6.97. The lowest BCUT2D eigenvalue weighted by Crippen LogP contribution is -2.29. The maximum absolute atomic E-state index is 12.6. The quantitative estimate of drug-likeness (QED) is 0.0234. The van der Waals surface area contributed by atoms with Crippen molar-refractivity contribution in [2.24, 2.45) is 0 Å². The molecule has 0 aromatic carbocycles. The second-order valence-corrected chi connectivity index (χ2v) is 18.0. The molecule has 0 saturated heterocycles. The number of aliphatic hydroxyl groups is 2. The van der Waals surface area contributed by atoms with Crippen molar-refractivity contribution in [1.29, 1.82) is 0 Å². The van der Waals surface area contributed by atoms with Crippen LogP contribution in [0.3, 0.4) is 0 Å². The van der Waals surface area contributed by atoms with Crippen LogP contribution >= 0.6 is 7.82 Å². The SMILES string of the molecule is C=CCCCCCCCCCCCCCCCC(=O)O[C@@H](COC(=O)CCCCCCCCCCCCC/C=C/CCCCCCCC)COP(=O)(O)OC[C@H](O)CO. The molecule has 3 atom stereocenters. The van der Waals surface area contributed by atoms with E-state index in [-0.39, 0.29) is 19.4 Å². The maximum Gasteiger partial charge on any atom is 0.472 e. The Kier molecular flexibility index (Phi) is 43.3. The van der Waals surface area contributed by atoms with Crippen molar-refractivity contribution in [2.75, 3.05) is 26.4 Å². The maximum atomic E-state index is 12.6. The van der Waals surface area contributed by atoms with Crippen LogP contribution in [0.25, 0.3) is 0 Å². The van der Waals surface area contributed by atoms with Crippen LogP contribution in [0.1, 0.15) is 232 Å². The summed E-state index contributed by atoms with van der Waals surface area (Å²) in [7, 11) is -4.62. The van der Waals surface area contributed by atoms with E-state index in [0.717, 1.165) is 44.9 Å². The van der Waals surface area contributed by atoms with Gasteiger partial charge in [0.1, 0.15) is 12.7 Å². The summed E-state index contributed by atoms with van der Waals surface area (Å²) < 4.78 is 32.8. The van der Waals surface area contributed by atoms with Gasteiger partial charge < -0.3 is 24.6 Å². The molecule has 348 valence electrons. The summed E-state index contributed by atoms with van der Waals surface area (Å²) in [6.07, 6.45) is 44.6. The molecule has 0 aromatic heterocycles. The number of ether oxygens (including phenoxy) is 2. The monoisotopic (exact) mass is 859 g/mol. The number of carbonyl (C=O) groups excluding carboxylic acids is 2. The van der Waals surface area contributed by atoms with Gasteiger partial charge in [0, 0.05) is 12.8 Å². The van der Waals surface area contributed by atoms with Gasteiger partial charge in [0.15, 0.2) is 6.10 Å². The molecule has 0 aliphatic heterocycles. The lowest BCUT2D eigenvalue weighted by molar-refractivity contribution is -0.161. The molecular formula is C48H91O10P. The highest BCUT2D eigenvalue weighted by Crippen LogP contribution is 2.43. The molecule has 0 spiro atoms. The molecule has 1 unspecified atom stereocenters. The van der Waals surface area contributed by atoms with Crippen LogP contribution in [0.5, 0.6) is 0 Å². The molecule has 0 aliphatic rings. The summed E-state index contributed by atoms with van der Waals surface area (Å²) in [5.74, 6) is -0.918. The van der Waals surface area contributed by atoms with Crippen LogP contribution in [-0.2, 0) is 32.7 Å². The lowest BCUT2D eigenvalue weighted by Gasteiger charge is -2.20. The van der Waals surface area contributed by atoms with Crippen molar-refractivity contribution in [3.63, 3.8) is 0 Å². The van der Waals surface area contributed by atoms with E-state index >= 15 is 0 Å². The van der Waals surface area contributed by atoms with Crippen molar-refractivity contribution >= 4 is 19.8 Å². The molecule has 59 heavy (non-hydrogen) atoms. The third kappa shape index (κ3) is 44.3. The number of esters is 2. The van der Waals surface area contributed by atoms with Gasteiger partial charge in [-0.2, -0.15) is 0 Å². The van der Waals surface area contributed by atoms with E-state index in [9.17, 15) is 24.2 Å². The molecular weight excluding hydrogens is 767 g/mol. The summed E-state index contributed by atoms with van der Waals surface area (Å²) in [6, 6.07) is 0. The molecule has 0 saturated carbocycles. The van der Waals surface area contributed by atoms with Crippen molar-refractivity contribution in [2.45, 2.75) is 244 Å². The standard InChI is InChI=1S/C48H91O10P/c1-3-5-7-9-11-13-15-17-19-20-21-22-23-24-26-27-29-31-33-35-37-39-47(51)55-43-46(44-57-59(53,54)56-42-45(50)41-49)58-48(52)40-38-36-34-32-30-28-25-18-16-14-12-10-8-6-4-2/h4,17,19,45-46,49-50H,2-3,5-16,18,20-44H2,1H3,(H,53,54)/b19-17+/t45-,46+/m1/s1. The predicted octanol–water partition coefficient (Wildman–Crippen LogP) is 13.3. The molecule has 0 aromatic rings. The summed E-state index contributed by atoms with van der Waals surface area (Å²) in [6.45, 7) is 3.93. The topological polar surface area (TPSA) is 149 Å². The highest BCUT2D eigenvalue weighted by molar-refractivity contribution is 7.47. The van der Waals surface area contributed by atoms with Crippen LogP contribution in [0.4, 0.5) is 0 Å². The van der Waals surface area contributed by atoms with Crippen LogP contribution in [0.15, 0.2) is 24.8 Å². The van der Waals surface area contributed by atoms with Gasteiger partial charge in [-0.1, -0.05) is 186 Å². The number of phosphoric acid groups is 1. The number of rotatable bonds is 47. The predicted molar refractivity (Wildman–Crippen MR) is 242 cm³/mol. The lowest BCUT2D eigenvalue weighted by atomic mass is 10.0. The molecule has 3 N–H and O–H groups in total. The molecule has 10 nitrogen and oxygen atoms in total. The first kappa shape index (κ1) is 57.4. The number of unbranched alkanes of at least 4 members (excludes halogenated alkanes) is 30. The first-order chi connectivity index (χ1) is 28.7. The summed E-state index contributed by atoms with van der Waals surface area (Å²) in [5, 5.41) is 18.4. The molecule has 0 rings (SSSR count). The van der Waals surface area contributed by atoms with Gasteiger partial charge in [-0.25, -0.2) is 4.57 Å². The zero-order valence-corrected chi connectivity index (χ0v) is 38.7. The molecule has 11 heteroatoms. The number of hydrogen-bond acceptors (Lipinski definition) is 9. The normalized spacial score (nSPS) is 13.7. The average Bonchev–Trinajstić information content (AvgIpc) is 3.22. The minimum absolute atomic E-state index is 0.185. The smallest absolute Gasteiger partial charge is 0.462 e. The number of phosphoric ester groups is 1. The number of aliphatic hydroxyl groups excluding tert-OH is 2. The van der Waals surface area contributed by atoms with Gasteiger partial charge in [0.2, 0.25) is 0 Å². The Hall–Kier alpha value is -1.55. The van der Waals surface area contributed by atoms with Gasteiger partial charge in [-0.05, 0) is 51.4 Å². The Morgan fingerprint density at radius 1 is 0.542 bits per heavy atom. The van der Waals surface area contributed by atoms with E-state index in [4.69, 9.17) is 23.6 Å². The average molecular weight is 859 g/mol. The molecule has 0 aliphatic carbocycles. The first-order valence-corrected chi connectivity index (χ1v) is 25.7. The third-order valence-electron chi connectivity index (χ3n) is 10.7.